The fourth-order valence-electron chi connectivity index (χ4n) is 5.77. The molecule has 0 spiro atoms. The van der Waals surface area contributed by atoms with Crippen molar-refractivity contribution in [2.75, 3.05) is 29.4 Å². The standard InChI is InChI=1S/C27H28F3N5O5/c1-11(25(37)33-26(38)12(2)31)5-14-16-8-34(9-17(14)16)24-20(30)7-15-22(36)18(27(39)40)10-35(23(15)32-24)21-4-3-13(28)6-19(21)29/h3-4,6-7,11-12,14,16-18H,5,8-10,31H2,1-2H3,(H,39,40)(H,33,37,38)/t11?,12-,14?,16-,17+,18?/m0/s1. The Bertz CT molecular complexity index is 1410. The van der Waals surface area contributed by atoms with Crippen LogP contribution in [0.2, 0.25) is 0 Å². The van der Waals surface area contributed by atoms with Gasteiger partial charge in [-0.1, -0.05) is 6.92 Å². The number of nitrogens with one attached hydrogen (secondary N) is 1. The SMILES string of the molecule is CC(CC1[C@H]2CN(c3nc4c(cc3F)C(=O)C(C(=O)O)CN4c3ccc(F)cc3F)C[C@@H]12)C(=O)NC(=O)[C@H](C)N. The highest BCUT2D eigenvalue weighted by molar-refractivity contribution is 6.13. The van der Waals surface area contributed by atoms with Gasteiger partial charge in [0.1, 0.15) is 23.4 Å². The molecule has 1 aliphatic carbocycles. The largest absolute Gasteiger partial charge is 0.481 e. The highest BCUT2D eigenvalue weighted by Gasteiger charge is 2.56. The van der Waals surface area contributed by atoms with Crippen LogP contribution in [-0.2, 0) is 14.4 Å². The number of amides is 2. The number of carboxylic acids is 1. The van der Waals surface area contributed by atoms with Crippen molar-refractivity contribution < 1.29 is 37.5 Å². The molecular formula is C27H28F3N5O5. The molecule has 40 heavy (non-hydrogen) atoms. The number of nitrogens with two attached hydrogens (primary N) is 1. The highest BCUT2D eigenvalue weighted by atomic mass is 19.1. The molecule has 0 bridgehead atoms. The second-order valence-electron chi connectivity index (χ2n) is 10.8. The zero-order valence-electron chi connectivity index (χ0n) is 21.7. The maximum Gasteiger partial charge on any atom is 0.316 e. The van der Waals surface area contributed by atoms with Crippen molar-refractivity contribution in [2.45, 2.75) is 26.3 Å². The Kier molecular flexibility index (Phi) is 7.02. The third-order valence-corrected chi connectivity index (χ3v) is 8.04. The third kappa shape index (κ3) is 4.89. The zero-order chi connectivity index (χ0) is 29.0. The van der Waals surface area contributed by atoms with E-state index < -0.39 is 65.4 Å². The summed E-state index contributed by atoms with van der Waals surface area (Å²) in [4.78, 5) is 55.9. The van der Waals surface area contributed by atoms with Crippen LogP contribution in [0, 0.1) is 47.0 Å². The number of piperidine rings is 1. The first-order valence-electron chi connectivity index (χ1n) is 12.9. The van der Waals surface area contributed by atoms with Gasteiger partial charge in [0.15, 0.2) is 17.4 Å². The van der Waals surface area contributed by atoms with Crippen molar-refractivity contribution in [1.29, 1.82) is 0 Å². The molecule has 3 aliphatic rings. The number of hydrogen-bond donors (Lipinski definition) is 3. The predicted molar refractivity (Wildman–Crippen MR) is 136 cm³/mol. The quantitative estimate of drug-likeness (QED) is 0.435. The van der Waals surface area contributed by atoms with Crippen LogP contribution < -0.4 is 20.9 Å². The lowest BCUT2D eigenvalue weighted by atomic mass is 9.92. The van der Waals surface area contributed by atoms with E-state index in [1.807, 2.05) is 0 Å². The molecule has 6 atom stereocenters. The van der Waals surface area contributed by atoms with Crippen LogP contribution in [0.5, 0.6) is 0 Å². The minimum Gasteiger partial charge on any atom is -0.481 e. The van der Waals surface area contributed by atoms with E-state index in [1.165, 1.54) is 6.92 Å². The van der Waals surface area contributed by atoms with Crippen LogP contribution in [0.3, 0.4) is 0 Å². The summed E-state index contributed by atoms with van der Waals surface area (Å²) in [7, 11) is 0. The van der Waals surface area contributed by atoms with Crippen LogP contribution >= 0.6 is 0 Å². The van der Waals surface area contributed by atoms with E-state index in [4.69, 9.17) is 5.73 Å². The average molecular weight is 560 g/mol. The molecule has 1 saturated carbocycles. The van der Waals surface area contributed by atoms with E-state index >= 15 is 4.39 Å². The summed E-state index contributed by atoms with van der Waals surface area (Å²) in [6.45, 7) is 3.62. The average Bonchev–Trinajstić information content (AvgIpc) is 3.31. The van der Waals surface area contributed by atoms with Gasteiger partial charge in [-0.05, 0) is 49.3 Å². The van der Waals surface area contributed by atoms with Crippen molar-refractivity contribution in [2.24, 2.45) is 35.3 Å². The third-order valence-electron chi connectivity index (χ3n) is 8.04. The molecule has 1 saturated heterocycles. The van der Waals surface area contributed by atoms with E-state index in [0.29, 0.717) is 25.6 Å². The molecule has 2 aliphatic heterocycles. The summed E-state index contributed by atoms with van der Waals surface area (Å²) in [6, 6.07) is 2.87. The van der Waals surface area contributed by atoms with Gasteiger partial charge in [-0.25, -0.2) is 18.2 Å². The second-order valence-corrected chi connectivity index (χ2v) is 10.8. The number of nitrogens with zero attached hydrogens (tertiary/aromatic N) is 3. The van der Waals surface area contributed by atoms with Gasteiger partial charge in [0.25, 0.3) is 0 Å². The number of rotatable bonds is 7. The van der Waals surface area contributed by atoms with Crippen LogP contribution in [0.4, 0.5) is 30.5 Å². The number of carbonyl (C=O) groups excluding carboxylic acids is 3. The Balaban J connectivity index is 1.35. The number of hydrogen-bond acceptors (Lipinski definition) is 8. The number of pyridine rings is 1. The molecule has 212 valence electrons. The van der Waals surface area contributed by atoms with E-state index in [9.17, 15) is 33.1 Å². The Morgan fingerprint density at radius 2 is 1.73 bits per heavy atom. The molecule has 2 fully saturated rings. The molecule has 3 heterocycles. The summed E-state index contributed by atoms with van der Waals surface area (Å²) in [6.07, 6.45) is 0.546. The number of fused-ring (bicyclic) bond motifs is 2. The number of ketones is 1. The summed E-state index contributed by atoms with van der Waals surface area (Å²) < 4.78 is 43.6. The number of Topliss-reactive ketones (excluding diaryl/α,β-unsaturated/α-hetero) is 1. The minimum atomic E-state index is -1.59. The number of carboxylic acid groups (broad SMARTS) is 1. The summed E-state index contributed by atoms with van der Waals surface area (Å²) in [5.41, 5.74) is 5.00. The Morgan fingerprint density at radius 1 is 1.05 bits per heavy atom. The number of aliphatic carboxylic acids is 1. The van der Waals surface area contributed by atoms with Crippen molar-refractivity contribution in [3.05, 3.63) is 47.3 Å². The van der Waals surface area contributed by atoms with Crippen molar-refractivity contribution in [3.63, 3.8) is 0 Å². The van der Waals surface area contributed by atoms with Crippen LogP contribution in [-0.4, -0.2) is 59.3 Å². The van der Waals surface area contributed by atoms with Gasteiger partial charge < -0.3 is 20.6 Å². The van der Waals surface area contributed by atoms with Gasteiger partial charge in [-0.15, -0.1) is 0 Å². The van der Waals surface area contributed by atoms with Crippen molar-refractivity contribution in [1.82, 2.24) is 10.3 Å². The number of halogens is 3. The predicted octanol–water partition coefficient (Wildman–Crippen LogP) is 2.23. The van der Waals surface area contributed by atoms with Gasteiger partial charge in [-0.2, -0.15) is 0 Å². The molecule has 2 aromatic rings. The number of carbonyl (C=O) groups is 4. The summed E-state index contributed by atoms with van der Waals surface area (Å²) in [5, 5.41) is 11.9. The molecule has 10 nitrogen and oxygen atoms in total. The Labute approximate surface area is 227 Å². The molecule has 2 amide bonds. The normalized spacial score (nSPS) is 24.7. The highest BCUT2D eigenvalue weighted by Crippen LogP contribution is 2.55. The maximum atomic E-state index is 15.3. The fraction of sp³-hybridized carbons (Fsp3) is 0.444. The Hall–Kier alpha value is -4.00. The van der Waals surface area contributed by atoms with Gasteiger partial charge in [0.05, 0.1) is 17.3 Å². The van der Waals surface area contributed by atoms with Gasteiger partial charge in [-0.3, -0.25) is 24.5 Å². The summed E-state index contributed by atoms with van der Waals surface area (Å²) in [5.74, 6) is -7.54. The monoisotopic (exact) mass is 559 g/mol. The number of benzene rings is 1. The maximum absolute atomic E-state index is 15.3. The van der Waals surface area contributed by atoms with E-state index in [1.54, 1.807) is 11.8 Å². The number of aromatic nitrogens is 1. The molecule has 0 radical (unpaired) electrons. The lowest BCUT2D eigenvalue weighted by Gasteiger charge is -2.34. The van der Waals surface area contributed by atoms with Crippen LogP contribution in [0.1, 0.15) is 30.6 Å². The number of imide groups is 1. The molecule has 13 heteroatoms. The molecule has 5 rings (SSSR count). The van der Waals surface area contributed by atoms with E-state index in [2.05, 4.69) is 10.3 Å². The molecule has 3 unspecified atom stereocenters. The minimum absolute atomic E-state index is 0.0629. The molecule has 4 N–H and O–H groups in total. The molecule has 1 aromatic heterocycles. The number of anilines is 3. The fourth-order valence-corrected chi connectivity index (χ4v) is 5.77. The van der Waals surface area contributed by atoms with Gasteiger partial charge >= 0.3 is 5.97 Å². The summed E-state index contributed by atoms with van der Waals surface area (Å²) >= 11 is 0. The molecular weight excluding hydrogens is 531 g/mol. The Morgan fingerprint density at radius 3 is 2.33 bits per heavy atom. The smallest absolute Gasteiger partial charge is 0.316 e. The van der Waals surface area contributed by atoms with E-state index in [0.717, 1.165) is 23.1 Å². The topological polar surface area (TPSA) is 146 Å². The van der Waals surface area contributed by atoms with Gasteiger partial charge in [0, 0.05) is 31.6 Å². The van der Waals surface area contributed by atoms with Crippen LogP contribution in [0.15, 0.2) is 24.3 Å². The molecule has 1 aromatic carbocycles. The first-order valence-corrected chi connectivity index (χ1v) is 12.9. The van der Waals surface area contributed by atoms with Gasteiger partial charge in [0.2, 0.25) is 11.8 Å². The first-order chi connectivity index (χ1) is 18.9. The first kappa shape index (κ1) is 27.6. The lowest BCUT2D eigenvalue weighted by Crippen LogP contribution is -2.43. The van der Waals surface area contributed by atoms with E-state index in [-0.39, 0.29) is 40.6 Å². The second kappa shape index (κ2) is 10.2. The van der Waals surface area contributed by atoms with Crippen LogP contribution in [0.25, 0.3) is 0 Å². The van der Waals surface area contributed by atoms with Crippen molar-refractivity contribution >= 4 is 40.9 Å². The lowest BCUT2D eigenvalue weighted by molar-refractivity contribution is -0.139. The van der Waals surface area contributed by atoms with Crippen molar-refractivity contribution in [3.8, 4) is 0 Å². The zero-order valence-corrected chi connectivity index (χ0v) is 21.7.